The highest BCUT2D eigenvalue weighted by Gasteiger charge is 2.46. The fourth-order valence-corrected chi connectivity index (χ4v) is 10.8. The third-order valence-electron chi connectivity index (χ3n) is 13.6. The number of aryl methyl sites for hydroxylation is 2. The summed E-state index contributed by atoms with van der Waals surface area (Å²) in [6.07, 6.45) is 5.95. The number of halogens is 1. The third-order valence-corrected chi connectivity index (χ3v) is 15.0. The van der Waals surface area contributed by atoms with E-state index in [0.29, 0.717) is 49.3 Å². The highest BCUT2D eigenvalue weighted by Crippen LogP contribution is 2.35. The van der Waals surface area contributed by atoms with Crippen molar-refractivity contribution in [2.24, 2.45) is 16.9 Å². The van der Waals surface area contributed by atoms with Crippen LogP contribution in [0.4, 0.5) is 0 Å². The van der Waals surface area contributed by atoms with Gasteiger partial charge in [0, 0.05) is 31.8 Å². The number of carbonyl (C=O) groups excluding carboxylic acids is 6. The van der Waals surface area contributed by atoms with Crippen LogP contribution in [0, 0.1) is 12.3 Å². The number of benzene rings is 2. The van der Waals surface area contributed by atoms with Gasteiger partial charge in [-0.3, -0.25) is 28.8 Å². The van der Waals surface area contributed by atoms with Crippen LogP contribution in [0.2, 0.25) is 5.02 Å². The summed E-state index contributed by atoms with van der Waals surface area (Å²) in [5.41, 5.74) is 16.6. The van der Waals surface area contributed by atoms with Crippen LogP contribution in [-0.2, 0) is 35.2 Å². The van der Waals surface area contributed by atoms with Gasteiger partial charge in [-0.15, -0.1) is 11.3 Å². The van der Waals surface area contributed by atoms with Gasteiger partial charge in [0.05, 0.1) is 45.3 Å². The van der Waals surface area contributed by atoms with E-state index in [1.165, 1.54) is 4.90 Å². The van der Waals surface area contributed by atoms with E-state index in [0.717, 1.165) is 52.9 Å². The number of hydrogen-bond acceptors (Lipinski definition) is 11. The number of rotatable bonds is 20. The number of fused-ring (bicyclic) bond motifs is 1. The molecule has 68 heavy (non-hydrogen) atoms. The van der Waals surface area contributed by atoms with E-state index in [9.17, 15) is 33.9 Å². The summed E-state index contributed by atoms with van der Waals surface area (Å²) in [5.74, 6) is -1.42. The molecule has 7 N–H and O–H groups in total. The number of hydrogen-bond donors (Lipinski definition) is 5. The Hall–Kier alpha value is -5.10. The number of nitrogens with one attached hydrogen (secondary N) is 2. The number of aliphatic hydroxyl groups excluding tert-OH is 1. The Morgan fingerprint density at radius 2 is 1.78 bits per heavy atom. The van der Waals surface area contributed by atoms with Gasteiger partial charge in [-0.05, 0) is 93.4 Å². The van der Waals surface area contributed by atoms with Gasteiger partial charge in [-0.1, -0.05) is 81.6 Å². The average molecular weight is 978 g/mol. The van der Waals surface area contributed by atoms with Crippen molar-refractivity contribution in [1.29, 1.82) is 0 Å². The van der Waals surface area contributed by atoms with E-state index >= 15 is 0 Å². The van der Waals surface area contributed by atoms with Crippen molar-refractivity contribution in [3.63, 3.8) is 0 Å². The van der Waals surface area contributed by atoms with Crippen LogP contribution in [0.1, 0.15) is 128 Å². The summed E-state index contributed by atoms with van der Waals surface area (Å²) >= 11 is 8.46. The van der Waals surface area contributed by atoms with Crippen molar-refractivity contribution in [2.75, 3.05) is 13.2 Å². The molecule has 1 aromatic heterocycles. The Morgan fingerprint density at radius 1 is 1.04 bits per heavy atom. The number of thiazole rings is 1. The van der Waals surface area contributed by atoms with Crippen molar-refractivity contribution in [3.05, 3.63) is 69.8 Å². The van der Waals surface area contributed by atoms with E-state index in [-0.39, 0.29) is 68.6 Å². The van der Waals surface area contributed by atoms with Crippen LogP contribution in [0.3, 0.4) is 0 Å². The van der Waals surface area contributed by atoms with Gasteiger partial charge in [0.1, 0.15) is 30.6 Å². The smallest absolute Gasteiger partial charge is 0.246 e. The number of unbranched alkanes of at least 4 members (excludes halogenated alkanes) is 1. The van der Waals surface area contributed by atoms with Crippen molar-refractivity contribution < 1.29 is 38.6 Å². The number of carbonyl (C=O) groups is 6. The Labute approximate surface area is 408 Å². The highest BCUT2D eigenvalue weighted by atomic mass is 35.5. The standard InChI is InChI=1S/C50H69ClN8O8S/c1-30(32-17-19-34(20-18-32)45-31(2)54-28-68-45)55-47(64)39-25-37(61)26-57(39)49(66)46(50(3,4)5)56-42(63)16-9-6-11-33-12-10-15-40(44(33)51)67-27-36(21-23-41(53)62)58(29-60)43-24-22-35-13-7-8-14-38(52)48(65)59(35)43/h10,12,15,17-20,28-30,35-39,43,46,61H,6-9,11,13-14,16,21-27,52H2,1-5H3,(H2,53,62)(H,55,64)(H,56,63)/t30-,35-,36-,37+,38-,39-,43-,46+/m0/s1. The second-order valence-corrected chi connectivity index (χ2v) is 20.9. The van der Waals surface area contributed by atoms with Gasteiger partial charge < -0.3 is 46.6 Å². The molecule has 0 saturated carbocycles. The molecule has 0 spiro atoms. The molecule has 0 bridgehead atoms. The quantitative estimate of drug-likeness (QED) is 0.0701. The summed E-state index contributed by atoms with van der Waals surface area (Å²) in [7, 11) is 0. The maximum absolute atomic E-state index is 14.2. The number of ether oxygens (including phenoxy) is 1. The van der Waals surface area contributed by atoms with Gasteiger partial charge in [-0.2, -0.15) is 0 Å². The molecular weight excluding hydrogens is 908 g/mol. The maximum atomic E-state index is 14.2. The predicted octanol–water partition coefficient (Wildman–Crippen LogP) is 5.54. The van der Waals surface area contributed by atoms with E-state index in [2.05, 4.69) is 15.6 Å². The third kappa shape index (κ3) is 12.9. The molecule has 6 rings (SSSR count). The molecule has 3 fully saturated rings. The number of likely N-dealkylation sites (tertiary alicyclic amines) is 1. The van der Waals surface area contributed by atoms with Crippen molar-refractivity contribution in [2.45, 2.75) is 167 Å². The maximum Gasteiger partial charge on any atom is 0.246 e. The number of β-amino-alcohol motifs (C(OH)–C–C–N with tert-alkyl or cyclic N) is 1. The molecule has 8 atom stereocenters. The van der Waals surface area contributed by atoms with Crippen molar-refractivity contribution in [1.82, 2.24) is 30.3 Å². The Kier molecular flexibility index (Phi) is 18.0. The van der Waals surface area contributed by atoms with Gasteiger partial charge in [0.25, 0.3) is 0 Å². The lowest BCUT2D eigenvalue weighted by Crippen LogP contribution is -2.58. The molecule has 0 aliphatic carbocycles. The number of nitrogens with two attached hydrogens (primary N) is 2. The van der Waals surface area contributed by atoms with E-state index in [1.54, 1.807) is 27.2 Å². The summed E-state index contributed by atoms with van der Waals surface area (Å²) in [5, 5.41) is 17.1. The zero-order valence-corrected chi connectivity index (χ0v) is 41.5. The lowest BCUT2D eigenvalue weighted by Gasteiger charge is -2.41. The first-order valence-corrected chi connectivity index (χ1v) is 25.2. The summed E-state index contributed by atoms with van der Waals surface area (Å²) in [6.45, 7) is 9.36. The number of nitrogens with zero attached hydrogens (tertiary/aromatic N) is 4. The molecule has 370 valence electrons. The second-order valence-electron chi connectivity index (χ2n) is 19.7. The van der Waals surface area contributed by atoms with Crippen LogP contribution in [0.25, 0.3) is 10.4 Å². The van der Waals surface area contributed by atoms with Gasteiger partial charge >= 0.3 is 0 Å². The molecule has 3 aromatic rings. The first-order chi connectivity index (χ1) is 32.4. The minimum atomic E-state index is -0.956. The minimum absolute atomic E-state index is 0.00235. The van der Waals surface area contributed by atoms with Crippen LogP contribution in [0.5, 0.6) is 5.75 Å². The molecule has 18 heteroatoms. The van der Waals surface area contributed by atoms with Gasteiger partial charge in [-0.25, -0.2) is 4.98 Å². The second kappa shape index (κ2) is 23.5. The normalized spacial score (nSPS) is 22.1. The largest absolute Gasteiger partial charge is 0.490 e. The first kappa shape index (κ1) is 52.3. The SMILES string of the molecule is Cc1ncsc1-c1ccc([C@H](C)NC(=O)[C@@H]2C[C@@H](O)CN2C(=O)[C@@H](NC(=O)CCCCc2cccc(OC[C@H](CCC(N)=O)N(C=O)[C@@H]3CC[C@@H]4CCCC[C@H](N)C(=O)N43)c2Cl)C(C)(C)C)cc1. The molecule has 6 amide bonds. The predicted molar refractivity (Wildman–Crippen MR) is 261 cm³/mol. The van der Waals surface area contributed by atoms with Crippen LogP contribution >= 0.6 is 22.9 Å². The number of aliphatic hydroxyl groups is 1. The van der Waals surface area contributed by atoms with Crippen LogP contribution < -0.4 is 26.8 Å². The molecule has 4 heterocycles. The molecule has 0 radical (unpaired) electrons. The molecule has 3 saturated heterocycles. The van der Waals surface area contributed by atoms with E-state index < -0.39 is 53.7 Å². The summed E-state index contributed by atoms with van der Waals surface area (Å²) < 4.78 is 6.26. The summed E-state index contributed by atoms with van der Waals surface area (Å²) in [6, 6.07) is 9.85. The van der Waals surface area contributed by atoms with E-state index in [1.807, 2.05) is 76.5 Å². The lowest BCUT2D eigenvalue weighted by atomic mass is 9.85. The van der Waals surface area contributed by atoms with Gasteiger partial charge in [0.15, 0.2) is 0 Å². The fourth-order valence-electron chi connectivity index (χ4n) is 9.75. The Morgan fingerprint density at radius 3 is 2.46 bits per heavy atom. The van der Waals surface area contributed by atoms with Gasteiger partial charge in [0.2, 0.25) is 35.9 Å². The monoisotopic (exact) mass is 976 g/mol. The first-order valence-electron chi connectivity index (χ1n) is 24.0. The summed E-state index contributed by atoms with van der Waals surface area (Å²) in [4.78, 5) is 89.8. The molecule has 3 aliphatic heterocycles. The van der Waals surface area contributed by atoms with Crippen LogP contribution in [0.15, 0.2) is 48.0 Å². The molecular formula is C50H69ClN8O8S. The average Bonchev–Trinajstić information content (AvgIpc) is 4.04. The molecule has 16 nitrogen and oxygen atoms in total. The minimum Gasteiger partial charge on any atom is -0.490 e. The highest BCUT2D eigenvalue weighted by molar-refractivity contribution is 7.13. The zero-order valence-electron chi connectivity index (χ0n) is 40.0. The van der Waals surface area contributed by atoms with Crippen LogP contribution in [-0.4, -0.2) is 116 Å². The Balaban J connectivity index is 1.02. The lowest BCUT2D eigenvalue weighted by molar-refractivity contribution is -0.145. The topological polar surface area (TPSA) is 231 Å². The molecule has 0 unspecified atom stereocenters. The zero-order chi connectivity index (χ0) is 49.3. The molecule has 2 aromatic carbocycles. The fraction of sp³-hybridized carbons (Fsp3) is 0.580. The molecule has 3 aliphatic rings. The van der Waals surface area contributed by atoms with E-state index in [4.69, 9.17) is 27.8 Å². The Bertz CT molecular complexity index is 2250. The van der Waals surface area contributed by atoms with Crippen molar-refractivity contribution in [3.8, 4) is 16.2 Å². The number of amides is 6. The number of aromatic nitrogens is 1. The number of primary amides is 1. The van der Waals surface area contributed by atoms with Crippen molar-refractivity contribution >= 4 is 58.9 Å².